The van der Waals surface area contributed by atoms with Gasteiger partial charge in [-0.3, -0.25) is 0 Å². The summed E-state index contributed by atoms with van der Waals surface area (Å²) in [6, 6.07) is 10.9. The van der Waals surface area contributed by atoms with Gasteiger partial charge in [0.1, 0.15) is 0 Å². The second kappa shape index (κ2) is 4.34. The first-order valence-corrected chi connectivity index (χ1v) is 6.86. The molecule has 94 valence electrons. The van der Waals surface area contributed by atoms with Crippen LogP contribution in [0.25, 0.3) is 0 Å². The minimum Gasteiger partial charge on any atom is -0.399 e. The van der Waals surface area contributed by atoms with Crippen LogP contribution >= 0.6 is 0 Å². The highest BCUT2D eigenvalue weighted by Crippen LogP contribution is 2.26. The summed E-state index contributed by atoms with van der Waals surface area (Å²) in [4.78, 5) is 0.310. The third-order valence-corrected chi connectivity index (χ3v) is 4.49. The van der Waals surface area contributed by atoms with Crippen molar-refractivity contribution in [1.29, 1.82) is 0 Å². The first-order chi connectivity index (χ1) is 8.41. The average Bonchev–Trinajstić information content (AvgIpc) is 2.29. The number of hydrogen-bond donors (Lipinski definition) is 2. The Morgan fingerprint density at radius 3 is 2.11 bits per heavy atom. The first-order valence-electron chi connectivity index (χ1n) is 5.38. The molecule has 0 radical (unpaired) electrons. The molecule has 2 rings (SSSR count). The molecule has 0 aliphatic carbocycles. The van der Waals surface area contributed by atoms with Gasteiger partial charge in [-0.1, -0.05) is 6.07 Å². The Labute approximate surface area is 106 Å². The first kappa shape index (κ1) is 12.4. The van der Waals surface area contributed by atoms with Crippen LogP contribution in [0.3, 0.4) is 0 Å². The lowest BCUT2D eigenvalue weighted by molar-refractivity contribution is 0.596. The molecule has 0 unspecified atom stereocenters. The molecule has 0 aliphatic heterocycles. The molecule has 0 bridgehead atoms. The average molecular weight is 262 g/mol. The van der Waals surface area contributed by atoms with E-state index in [9.17, 15) is 8.42 Å². The Morgan fingerprint density at radius 1 is 0.944 bits per heavy atom. The predicted octanol–water partition coefficient (Wildman–Crippen LogP) is 1.99. The van der Waals surface area contributed by atoms with Crippen molar-refractivity contribution in [3.05, 3.63) is 48.0 Å². The minimum absolute atomic E-state index is 0.123. The van der Waals surface area contributed by atoms with Crippen molar-refractivity contribution in [2.45, 2.75) is 16.7 Å². The lowest BCUT2D eigenvalue weighted by Gasteiger charge is -2.08. The molecule has 0 fully saturated rings. The van der Waals surface area contributed by atoms with E-state index in [4.69, 9.17) is 11.5 Å². The molecule has 0 saturated carbocycles. The Balaban J connectivity index is 2.58. The van der Waals surface area contributed by atoms with Gasteiger partial charge >= 0.3 is 0 Å². The molecule has 0 aliphatic rings. The van der Waals surface area contributed by atoms with Gasteiger partial charge in [0.25, 0.3) is 0 Å². The fourth-order valence-corrected chi connectivity index (χ4v) is 3.05. The highest BCUT2D eigenvalue weighted by atomic mass is 32.2. The van der Waals surface area contributed by atoms with Gasteiger partial charge < -0.3 is 11.5 Å². The van der Waals surface area contributed by atoms with E-state index in [1.807, 2.05) is 6.92 Å². The smallest absolute Gasteiger partial charge is 0.208 e. The molecular formula is C13H14N2O2S. The number of nitrogen functional groups attached to an aromatic ring is 2. The minimum atomic E-state index is -3.58. The monoisotopic (exact) mass is 262 g/mol. The van der Waals surface area contributed by atoms with Crippen molar-refractivity contribution >= 4 is 21.2 Å². The van der Waals surface area contributed by atoms with Crippen LogP contribution < -0.4 is 11.5 Å². The van der Waals surface area contributed by atoms with Gasteiger partial charge in [-0.25, -0.2) is 8.42 Å². The number of nitrogens with two attached hydrogens (primary N) is 2. The summed E-state index contributed by atoms with van der Waals surface area (Å²) < 4.78 is 24.7. The molecule has 4 N–H and O–H groups in total. The van der Waals surface area contributed by atoms with Crippen molar-refractivity contribution in [3.8, 4) is 0 Å². The third-order valence-electron chi connectivity index (χ3n) is 2.65. The van der Waals surface area contributed by atoms with E-state index in [0.29, 0.717) is 5.69 Å². The number of sulfone groups is 1. The van der Waals surface area contributed by atoms with Gasteiger partial charge in [0.05, 0.1) is 15.5 Å². The second-order valence-corrected chi connectivity index (χ2v) is 6.03. The Morgan fingerprint density at radius 2 is 1.56 bits per heavy atom. The van der Waals surface area contributed by atoms with Crippen molar-refractivity contribution < 1.29 is 8.42 Å². The van der Waals surface area contributed by atoms with E-state index in [0.717, 1.165) is 5.56 Å². The van der Waals surface area contributed by atoms with Crippen LogP contribution in [0.5, 0.6) is 0 Å². The van der Waals surface area contributed by atoms with Gasteiger partial charge in [-0.05, 0) is 48.9 Å². The van der Waals surface area contributed by atoms with Gasteiger partial charge in [0, 0.05) is 5.69 Å². The molecule has 0 spiro atoms. The molecule has 2 aromatic carbocycles. The van der Waals surface area contributed by atoms with Gasteiger partial charge in [0.15, 0.2) is 0 Å². The fourth-order valence-electron chi connectivity index (χ4n) is 1.69. The van der Waals surface area contributed by atoms with Crippen molar-refractivity contribution in [3.63, 3.8) is 0 Å². The van der Waals surface area contributed by atoms with E-state index in [2.05, 4.69) is 0 Å². The largest absolute Gasteiger partial charge is 0.399 e. The number of anilines is 2. The van der Waals surface area contributed by atoms with Crippen LogP contribution in [0.1, 0.15) is 5.56 Å². The lowest BCUT2D eigenvalue weighted by atomic mass is 10.2. The molecule has 0 saturated heterocycles. The second-order valence-electron chi connectivity index (χ2n) is 4.11. The van der Waals surface area contributed by atoms with Crippen LogP contribution in [-0.2, 0) is 9.84 Å². The zero-order chi connectivity index (χ0) is 13.3. The standard InChI is InChI=1S/C13H14N2O2S/c1-9-2-7-13(12(15)8-9)18(16,17)11-5-3-10(14)4-6-11/h2-8H,14-15H2,1H3. The van der Waals surface area contributed by atoms with Gasteiger partial charge in [-0.2, -0.15) is 0 Å². The Bertz CT molecular complexity index is 677. The summed E-state index contributed by atoms with van der Waals surface area (Å²) in [5, 5.41) is 0. The van der Waals surface area contributed by atoms with E-state index >= 15 is 0 Å². The molecule has 0 heterocycles. The Hall–Kier alpha value is -2.01. The quantitative estimate of drug-likeness (QED) is 0.810. The number of benzene rings is 2. The van der Waals surface area contributed by atoms with Crippen molar-refractivity contribution in [2.75, 3.05) is 11.5 Å². The highest BCUT2D eigenvalue weighted by Gasteiger charge is 2.20. The Kier molecular flexibility index (Phi) is 3.00. The lowest BCUT2D eigenvalue weighted by Crippen LogP contribution is -2.06. The van der Waals surface area contributed by atoms with Crippen LogP contribution in [0.15, 0.2) is 52.3 Å². The van der Waals surface area contributed by atoms with Crippen LogP contribution in [-0.4, -0.2) is 8.42 Å². The molecule has 4 nitrogen and oxygen atoms in total. The molecule has 2 aromatic rings. The van der Waals surface area contributed by atoms with E-state index in [1.165, 1.54) is 18.2 Å². The van der Waals surface area contributed by atoms with Crippen LogP contribution in [0, 0.1) is 6.92 Å². The van der Waals surface area contributed by atoms with Crippen LogP contribution in [0.4, 0.5) is 11.4 Å². The van der Waals surface area contributed by atoms with E-state index < -0.39 is 9.84 Å². The molecule has 0 amide bonds. The summed E-state index contributed by atoms with van der Waals surface area (Å²) in [6.45, 7) is 1.86. The molecular weight excluding hydrogens is 248 g/mol. The summed E-state index contributed by atoms with van der Waals surface area (Å²) in [5.74, 6) is 0. The molecule has 0 aromatic heterocycles. The normalized spacial score (nSPS) is 11.4. The zero-order valence-corrected chi connectivity index (χ0v) is 10.7. The molecule has 18 heavy (non-hydrogen) atoms. The number of rotatable bonds is 2. The maximum atomic E-state index is 12.4. The molecule has 5 heteroatoms. The summed E-state index contributed by atoms with van der Waals surface area (Å²) >= 11 is 0. The highest BCUT2D eigenvalue weighted by molar-refractivity contribution is 7.91. The maximum Gasteiger partial charge on any atom is 0.208 e. The zero-order valence-electron chi connectivity index (χ0n) is 9.92. The van der Waals surface area contributed by atoms with E-state index in [-0.39, 0.29) is 15.5 Å². The topological polar surface area (TPSA) is 86.2 Å². The predicted molar refractivity (Wildman–Crippen MR) is 71.9 cm³/mol. The SMILES string of the molecule is Cc1ccc(S(=O)(=O)c2ccc(N)cc2)c(N)c1. The maximum absolute atomic E-state index is 12.4. The summed E-state index contributed by atoms with van der Waals surface area (Å²) in [5.41, 5.74) is 13.0. The van der Waals surface area contributed by atoms with Crippen molar-refractivity contribution in [2.24, 2.45) is 0 Å². The van der Waals surface area contributed by atoms with Gasteiger partial charge in [0.2, 0.25) is 9.84 Å². The fraction of sp³-hybridized carbons (Fsp3) is 0.0769. The van der Waals surface area contributed by atoms with Crippen molar-refractivity contribution in [1.82, 2.24) is 0 Å². The number of aryl methyl sites for hydroxylation is 1. The summed E-state index contributed by atoms with van der Waals surface area (Å²) in [6.07, 6.45) is 0. The summed E-state index contributed by atoms with van der Waals surface area (Å²) in [7, 11) is -3.58. The third kappa shape index (κ3) is 2.17. The van der Waals surface area contributed by atoms with Crippen LogP contribution in [0.2, 0.25) is 0 Å². The molecule has 0 atom stereocenters. The van der Waals surface area contributed by atoms with Gasteiger partial charge in [-0.15, -0.1) is 0 Å². The van der Waals surface area contributed by atoms with E-state index in [1.54, 1.807) is 24.3 Å². The number of hydrogen-bond acceptors (Lipinski definition) is 4.